The fraction of sp³-hybridized carbons (Fsp3) is 0.280. The first-order valence-electron chi connectivity index (χ1n) is 10.8. The first-order chi connectivity index (χ1) is 15.6. The van der Waals surface area contributed by atoms with Gasteiger partial charge in [-0.15, -0.1) is 0 Å². The highest BCUT2D eigenvalue weighted by Gasteiger charge is 2.26. The van der Waals surface area contributed by atoms with E-state index in [-0.39, 0.29) is 35.1 Å². The third-order valence-electron chi connectivity index (χ3n) is 5.56. The van der Waals surface area contributed by atoms with E-state index in [1.165, 1.54) is 12.1 Å². The second-order valence-electron chi connectivity index (χ2n) is 8.45. The predicted octanol–water partition coefficient (Wildman–Crippen LogP) is 3.05. The van der Waals surface area contributed by atoms with Gasteiger partial charge in [-0.2, -0.15) is 0 Å². The molecule has 0 heterocycles. The molecule has 0 unspecified atom stereocenters. The van der Waals surface area contributed by atoms with Gasteiger partial charge in [0, 0.05) is 0 Å². The fourth-order valence-electron chi connectivity index (χ4n) is 3.71. The fourth-order valence-corrected chi connectivity index (χ4v) is 4.23. The number of carbonyl (C=O) groups excluding carboxylic acids is 2. The van der Waals surface area contributed by atoms with Crippen LogP contribution >= 0.6 is 0 Å². The van der Waals surface area contributed by atoms with Crippen molar-refractivity contribution >= 4 is 32.6 Å². The van der Waals surface area contributed by atoms with Crippen molar-refractivity contribution in [2.75, 3.05) is 0 Å². The number of primary sulfonamides is 1. The summed E-state index contributed by atoms with van der Waals surface area (Å²) in [6, 6.07) is 18.6. The zero-order valence-electron chi connectivity index (χ0n) is 18.9. The summed E-state index contributed by atoms with van der Waals surface area (Å²) in [5.41, 5.74) is 1.62. The first kappa shape index (κ1) is 24.4. The molecule has 0 spiro atoms. The minimum Gasteiger partial charge on any atom is -0.348 e. The van der Waals surface area contributed by atoms with Crippen LogP contribution in [-0.4, -0.2) is 26.3 Å². The second-order valence-corrected chi connectivity index (χ2v) is 10.0. The average Bonchev–Trinajstić information content (AvgIpc) is 2.77. The number of nitrogens with one attached hydrogen (secondary N) is 2. The van der Waals surface area contributed by atoms with Gasteiger partial charge < -0.3 is 10.6 Å². The molecule has 0 aliphatic rings. The number of amides is 2. The number of nitrogens with two attached hydrogens (primary N) is 1. The van der Waals surface area contributed by atoms with E-state index in [1.54, 1.807) is 19.1 Å². The quantitative estimate of drug-likeness (QED) is 0.472. The van der Waals surface area contributed by atoms with E-state index in [0.29, 0.717) is 0 Å². The second kappa shape index (κ2) is 10.1. The summed E-state index contributed by atoms with van der Waals surface area (Å²) in [7, 11) is -3.78. The van der Waals surface area contributed by atoms with Crippen molar-refractivity contribution in [3.63, 3.8) is 0 Å². The molecular weight excluding hydrogens is 438 g/mol. The van der Waals surface area contributed by atoms with Crippen molar-refractivity contribution in [2.45, 2.75) is 44.2 Å². The predicted molar refractivity (Wildman–Crippen MR) is 129 cm³/mol. The van der Waals surface area contributed by atoms with Crippen molar-refractivity contribution in [1.82, 2.24) is 10.6 Å². The van der Waals surface area contributed by atoms with Gasteiger partial charge in [0.05, 0.1) is 17.4 Å². The first-order valence-corrected chi connectivity index (χ1v) is 12.3. The number of sulfonamides is 1. The zero-order valence-corrected chi connectivity index (χ0v) is 19.7. The smallest absolute Gasteiger partial charge is 0.243 e. The molecule has 7 nitrogen and oxygen atoms in total. The van der Waals surface area contributed by atoms with Crippen molar-refractivity contribution < 1.29 is 18.0 Å². The van der Waals surface area contributed by atoms with Crippen LogP contribution in [0.3, 0.4) is 0 Å². The summed E-state index contributed by atoms with van der Waals surface area (Å²) in [6.45, 7) is 5.53. The molecule has 0 saturated heterocycles. The number of carbonyl (C=O) groups is 2. The van der Waals surface area contributed by atoms with Crippen LogP contribution in [0.5, 0.6) is 0 Å². The molecule has 0 radical (unpaired) electrons. The number of hydrogen-bond donors (Lipinski definition) is 3. The number of hydrogen-bond acceptors (Lipinski definition) is 4. The van der Waals surface area contributed by atoms with E-state index in [4.69, 9.17) is 5.14 Å². The molecular formula is C25H29N3O4S. The van der Waals surface area contributed by atoms with E-state index >= 15 is 0 Å². The maximum absolute atomic E-state index is 13.0. The summed E-state index contributed by atoms with van der Waals surface area (Å²) in [4.78, 5) is 25.8. The number of rotatable bonds is 8. The molecule has 0 bridgehead atoms. The van der Waals surface area contributed by atoms with Gasteiger partial charge in [0.25, 0.3) is 0 Å². The maximum Gasteiger partial charge on any atom is 0.243 e. The third-order valence-corrected chi connectivity index (χ3v) is 6.49. The van der Waals surface area contributed by atoms with Crippen LogP contribution in [0.1, 0.15) is 37.9 Å². The van der Waals surface area contributed by atoms with Gasteiger partial charge in [0.15, 0.2) is 0 Å². The van der Waals surface area contributed by atoms with Gasteiger partial charge in [-0.3, -0.25) is 9.59 Å². The van der Waals surface area contributed by atoms with Crippen molar-refractivity contribution in [3.8, 4) is 0 Å². The van der Waals surface area contributed by atoms with Crippen LogP contribution in [0.2, 0.25) is 0 Å². The SMILES string of the molecule is CC(C)[C@H](NC(=O)Cc1cccc2ccccc12)C(=O)N[C@H](C)c1ccc(S(N)(=O)=O)cc1. The number of fused-ring (bicyclic) bond motifs is 1. The summed E-state index contributed by atoms with van der Waals surface area (Å²) in [5, 5.41) is 13.0. The Morgan fingerprint density at radius 2 is 1.52 bits per heavy atom. The summed E-state index contributed by atoms with van der Waals surface area (Å²) in [5.74, 6) is -0.664. The van der Waals surface area contributed by atoms with Gasteiger partial charge in [-0.25, -0.2) is 13.6 Å². The lowest BCUT2D eigenvalue weighted by molar-refractivity contribution is -0.130. The van der Waals surface area contributed by atoms with Crippen molar-refractivity contribution in [1.29, 1.82) is 0 Å². The third kappa shape index (κ3) is 6.18. The van der Waals surface area contributed by atoms with Crippen LogP contribution in [0.25, 0.3) is 10.8 Å². The molecule has 3 aromatic carbocycles. The minimum atomic E-state index is -3.78. The Morgan fingerprint density at radius 3 is 2.15 bits per heavy atom. The van der Waals surface area contributed by atoms with Gasteiger partial charge in [-0.1, -0.05) is 68.4 Å². The van der Waals surface area contributed by atoms with E-state index in [1.807, 2.05) is 56.3 Å². The van der Waals surface area contributed by atoms with E-state index in [9.17, 15) is 18.0 Å². The molecule has 0 fully saturated rings. The Balaban J connectivity index is 1.67. The molecule has 3 rings (SSSR count). The Kier molecular flexibility index (Phi) is 7.50. The molecule has 2 atom stereocenters. The standard InChI is InChI=1S/C25H29N3O4S/c1-16(2)24(25(30)27-17(3)18-11-13-21(14-12-18)33(26,31)32)28-23(29)15-20-9-6-8-19-7-4-5-10-22(19)20/h4-14,16-17,24H,15H2,1-3H3,(H,27,30)(H,28,29)(H2,26,31,32)/t17-,24+/m1/s1. The molecule has 0 aliphatic heterocycles. The molecule has 33 heavy (non-hydrogen) atoms. The minimum absolute atomic E-state index is 0.00512. The normalized spacial score (nSPS) is 13.5. The van der Waals surface area contributed by atoms with E-state index < -0.39 is 16.1 Å². The van der Waals surface area contributed by atoms with Gasteiger partial charge in [0.2, 0.25) is 21.8 Å². The van der Waals surface area contributed by atoms with Gasteiger partial charge in [0.1, 0.15) is 6.04 Å². The topological polar surface area (TPSA) is 118 Å². The highest BCUT2D eigenvalue weighted by atomic mass is 32.2. The van der Waals surface area contributed by atoms with Crippen LogP contribution in [-0.2, 0) is 26.0 Å². The lowest BCUT2D eigenvalue weighted by Crippen LogP contribution is -2.50. The Labute approximate surface area is 194 Å². The zero-order chi connectivity index (χ0) is 24.2. The Morgan fingerprint density at radius 1 is 0.879 bits per heavy atom. The maximum atomic E-state index is 13.0. The van der Waals surface area contributed by atoms with Gasteiger partial charge >= 0.3 is 0 Å². The molecule has 0 saturated carbocycles. The largest absolute Gasteiger partial charge is 0.348 e. The monoisotopic (exact) mass is 467 g/mol. The van der Waals surface area contributed by atoms with Crippen molar-refractivity contribution in [2.24, 2.45) is 11.1 Å². The molecule has 2 amide bonds. The summed E-state index contributed by atoms with van der Waals surface area (Å²) in [6.07, 6.45) is 0.169. The van der Waals surface area contributed by atoms with Gasteiger partial charge in [-0.05, 0) is 46.9 Å². The van der Waals surface area contributed by atoms with Crippen LogP contribution in [0.4, 0.5) is 0 Å². The Hall–Kier alpha value is -3.23. The molecule has 174 valence electrons. The molecule has 0 aliphatic carbocycles. The molecule has 0 aromatic heterocycles. The Bertz CT molecular complexity index is 1250. The highest BCUT2D eigenvalue weighted by Crippen LogP contribution is 2.19. The van der Waals surface area contributed by atoms with Crippen LogP contribution in [0, 0.1) is 5.92 Å². The van der Waals surface area contributed by atoms with Crippen LogP contribution in [0.15, 0.2) is 71.6 Å². The number of benzene rings is 3. The summed E-state index contributed by atoms with van der Waals surface area (Å²) >= 11 is 0. The van der Waals surface area contributed by atoms with E-state index in [2.05, 4.69) is 10.6 Å². The van der Waals surface area contributed by atoms with E-state index in [0.717, 1.165) is 21.9 Å². The lowest BCUT2D eigenvalue weighted by Gasteiger charge is -2.24. The highest BCUT2D eigenvalue weighted by molar-refractivity contribution is 7.89. The lowest BCUT2D eigenvalue weighted by atomic mass is 9.99. The summed E-state index contributed by atoms with van der Waals surface area (Å²) < 4.78 is 22.9. The van der Waals surface area contributed by atoms with Crippen molar-refractivity contribution in [3.05, 3.63) is 77.9 Å². The molecule has 3 aromatic rings. The molecule has 8 heteroatoms. The average molecular weight is 468 g/mol. The van der Waals surface area contributed by atoms with Crippen LogP contribution < -0.4 is 15.8 Å². The molecule has 4 N–H and O–H groups in total.